The summed E-state index contributed by atoms with van der Waals surface area (Å²) in [6.07, 6.45) is 1.07. The van der Waals surface area contributed by atoms with Crippen molar-refractivity contribution in [1.82, 2.24) is 14.4 Å². The van der Waals surface area contributed by atoms with Gasteiger partial charge < -0.3 is 19.1 Å². The minimum absolute atomic E-state index is 0.250. The molecule has 3 rings (SSSR count). The van der Waals surface area contributed by atoms with E-state index in [1.165, 1.54) is 4.57 Å². The molecule has 0 N–H and O–H groups in total. The lowest BCUT2D eigenvalue weighted by Crippen LogP contribution is -2.50. The molecular weight excluding hydrogens is 410 g/mol. The number of carbonyl (C=O) groups is 2. The average molecular weight is 446 g/mol. The first kappa shape index (κ1) is 23.9. The van der Waals surface area contributed by atoms with E-state index in [4.69, 9.17) is 14.2 Å². The second kappa shape index (κ2) is 9.40. The number of hydrogen-bond donors (Lipinski definition) is 0. The van der Waals surface area contributed by atoms with Crippen molar-refractivity contribution in [3.63, 3.8) is 0 Å². The van der Waals surface area contributed by atoms with Crippen molar-refractivity contribution >= 4 is 23.1 Å². The quantitative estimate of drug-likeness (QED) is 0.696. The van der Waals surface area contributed by atoms with Gasteiger partial charge in [0.05, 0.1) is 5.52 Å². The number of ether oxygens (including phenoxy) is 3. The van der Waals surface area contributed by atoms with Crippen molar-refractivity contribution in [2.45, 2.75) is 52.7 Å². The fraction of sp³-hybridized carbons (Fsp3) is 0.583. The van der Waals surface area contributed by atoms with E-state index >= 15 is 0 Å². The van der Waals surface area contributed by atoms with Crippen LogP contribution in [0.5, 0.6) is 5.75 Å². The van der Waals surface area contributed by atoms with Gasteiger partial charge in [0.25, 0.3) is 0 Å². The van der Waals surface area contributed by atoms with Crippen LogP contribution in [0.2, 0.25) is 0 Å². The molecule has 1 saturated heterocycles. The summed E-state index contributed by atoms with van der Waals surface area (Å²) in [5.74, 6) is 0.756. The molecule has 1 aromatic carbocycles. The Morgan fingerprint density at radius 1 is 0.875 bits per heavy atom. The monoisotopic (exact) mass is 445 g/mol. The Hall–Kier alpha value is -2.74. The lowest BCUT2D eigenvalue weighted by molar-refractivity contribution is 0.0136. The largest absolute Gasteiger partial charge is 0.492 e. The first-order chi connectivity index (χ1) is 14.9. The lowest BCUT2D eigenvalue weighted by atomic mass is 10.2. The van der Waals surface area contributed by atoms with Crippen LogP contribution in [0.25, 0.3) is 10.9 Å². The van der Waals surface area contributed by atoms with Crippen LogP contribution < -0.4 is 4.74 Å². The highest BCUT2D eigenvalue weighted by Gasteiger charge is 2.25. The van der Waals surface area contributed by atoms with Crippen LogP contribution >= 0.6 is 0 Å². The van der Waals surface area contributed by atoms with Gasteiger partial charge in [-0.25, -0.2) is 9.59 Å². The highest BCUT2D eigenvalue weighted by atomic mass is 16.6. The van der Waals surface area contributed by atoms with E-state index in [1.54, 1.807) is 11.1 Å². The van der Waals surface area contributed by atoms with Crippen LogP contribution in [-0.2, 0) is 9.47 Å². The molecular formula is C24H35N3O5. The number of fused-ring (bicyclic) bond motifs is 1. The smallest absolute Gasteiger partial charge is 0.418 e. The average Bonchev–Trinajstić information content (AvgIpc) is 3.09. The van der Waals surface area contributed by atoms with Gasteiger partial charge in [-0.15, -0.1) is 0 Å². The molecule has 0 saturated carbocycles. The Balaban J connectivity index is 1.47. The van der Waals surface area contributed by atoms with Gasteiger partial charge in [0.2, 0.25) is 0 Å². The van der Waals surface area contributed by atoms with Crippen molar-refractivity contribution in [3.05, 3.63) is 30.5 Å². The van der Waals surface area contributed by atoms with Gasteiger partial charge in [0, 0.05) is 44.3 Å². The minimum atomic E-state index is -0.547. The van der Waals surface area contributed by atoms with Crippen LogP contribution in [0.15, 0.2) is 30.5 Å². The van der Waals surface area contributed by atoms with Crippen molar-refractivity contribution < 1.29 is 23.8 Å². The normalized spacial score (nSPS) is 15.6. The van der Waals surface area contributed by atoms with E-state index in [2.05, 4.69) is 4.90 Å². The summed E-state index contributed by atoms with van der Waals surface area (Å²) in [4.78, 5) is 28.6. The van der Waals surface area contributed by atoms with E-state index < -0.39 is 17.3 Å². The maximum atomic E-state index is 12.4. The standard InChI is InChI=1S/C24H35N3O5/c1-23(2,3)31-21(28)26-13-11-25(12-14-26)15-16-30-19-7-8-20-18(17-19)9-10-27(20)22(29)32-24(4,5)6/h7-10,17H,11-16H2,1-6H3. The van der Waals surface area contributed by atoms with E-state index in [9.17, 15) is 9.59 Å². The molecule has 0 radical (unpaired) electrons. The van der Waals surface area contributed by atoms with Crippen LogP contribution in [0.3, 0.4) is 0 Å². The molecule has 8 heteroatoms. The van der Waals surface area contributed by atoms with Crippen molar-refractivity contribution in [2.75, 3.05) is 39.3 Å². The van der Waals surface area contributed by atoms with E-state index in [1.807, 2.05) is 65.8 Å². The van der Waals surface area contributed by atoms with Crippen LogP contribution in [0.1, 0.15) is 41.5 Å². The molecule has 8 nitrogen and oxygen atoms in total. The molecule has 1 aliphatic rings. The van der Waals surface area contributed by atoms with Gasteiger partial charge in [0.15, 0.2) is 0 Å². The first-order valence-corrected chi connectivity index (χ1v) is 11.1. The summed E-state index contributed by atoms with van der Waals surface area (Å²) in [5, 5.41) is 0.916. The van der Waals surface area contributed by atoms with Crippen LogP contribution in [0.4, 0.5) is 9.59 Å². The minimum Gasteiger partial charge on any atom is -0.492 e. The van der Waals surface area contributed by atoms with Gasteiger partial charge >= 0.3 is 12.2 Å². The molecule has 1 amide bonds. The predicted molar refractivity (Wildman–Crippen MR) is 123 cm³/mol. The molecule has 0 bridgehead atoms. The Bertz CT molecular complexity index is 947. The van der Waals surface area contributed by atoms with Crippen molar-refractivity contribution in [3.8, 4) is 5.75 Å². The third kappa shape index (κ3) is 6.63. The Kier molecular flexibility index (Phi) is 7.03. The Morgan fingerprint density at radius 3 is 2.12 bits per heavy atom. The fourth-order valence-corrected chi connectivity index (χ4v) is 3.45. The second-order valence-electron chi connectivity index (χ2n) is 10.0. The number of carbonyl (C=O) groups excluding carboxylic acids is 2. The van der Waals surface area contributed by atoms with Gasteiger partial charge in [-0.05, 0) is 65.8 Å². The molecule has 32 heavy (non-hydrogen) atoms. The van der Waals surface area contributed by atoms with Gasteiger partial charge in [-0.3, -0.25) is 9.47 Å². The molecule has 1 aliphatic heterocycles. The van der Waals surface area contributed by atoms with Crippen LogP contribution in [0, 0.1) is 0 Å². The summed E-state index contributed by atoms with van der Waals surface area (Å²) in [7, 11) is 0. The van der Waals surface area contributed by atoms with E-state index in [0.717, 1.165) is 36.3 Å². The highest BCUT2D eigenvalue weighted by Crippen LogP contribution is 2.23. The molecule has 0 spiro atoms. The van der Waals surface area contributed by atoms with E-state index in [-0.39, 0.29) is 6.09 Å². The third-order valence-electron chi connectivity index (χ3n) is 4.95. The molecule has 1 fully saturated rings. The predicted octanol–water partition coefficient (Wildman–Crippen LogP) is 4.36. The summed E-state index contributed by atoms with van der Waals surface area (Å²) in [6.45, 7) is 15.4. The molecule has 176 valence electrons. The summed E-state index contributed by atoms with van der Waals surface area (Å²) in [5.41, 5.74) is -0.239. The summed E-state index contributed by atoms with van der Waals surface area (Å²) in [6, 6.07) is 7.54. The van der Waals surface area contributed by atoms with Crippen LogP contribution in [-0.4, -0.2) is 77.1 Å². The zero-order chi connectivity index (χ0) is 23.5. The first-order valence-electron chi connectivity index (χ1n) is 11.1. The Morgan fingerprint density at radius 2 is 1.50 bits per heavy atom. The fourth-order valence-electron chi connectivity index (χ4n) is 3.45. The molecule has 1 aromatic heterocycles. The SMILES string of the molecule is CC(C)(C)OC(=O)N1CCN(CCOc2ccc3c(ccn3C(=O)OC(C)(C)C)c2)CC1. The number of aromatic nitrogens is 1. The van der Waals surface area contributed by atoms with E-state index in [0.29, 0.717) is 19.7 Å². The molecule has 2 aromatic rings. The number of amides is 1. The molecule has 0 atom stereocenters. The van der Waals surface area contributed by atoms with Gasteiger partial charge in [0.1, 0.15) is 23.6 Å². The summed E-state index contributed by atoms with van der Waals surface area (Å²) >= 11 is 0. The topological polar surface area (TPSA) is 73.2 Å². The number of rotatable bonds is 4. The second-order valence-corrected chi connectivity index (χ2v) is 10.0. The third-order valence-corrected chi connectivity index (χ3v) is 4.95. The molecule has 0 aliphatic carbocycles. The number of hydrogen-bond acceptors (Lipinski definition) is 6. The van der Waals surface area contributed by atoms with Gasteiger partial charge in [-0.1, -0.05) is 0 Å². The van der Waals surface area contributed by atoms with Crippen molar-refractivity contribution in [1.29, 1.82) is 0 Å². The molecule has 2 heterocycles. The van der Waals surface area contributed by atoms with Crippen molar-refractivity contribution in [2.24, 2.45) is 0 Å². The highest BCUT2D eigenvalue weighted by molar-refractivity contribution is 5.90. The molecule has 0 unspecified atom stereocenters. The van der Waals surface area contributed by atoms with Gasteiger partial charge in [-0.2, -0.15) is 0 Å². The maximum Gasteiger partial charge on any atom is 0.418 e. The number of benzene rings is 1. The maximum absolute atomic E-state index is 12.4. The zero-order valence-corrected chi connectivity index (χ0v) is 20.0. The summed E-state index contributed by atoms with van der Waals surface area (Å²) < 4.78 is 18.3. The zero-order valence-electron chi connectivity index (χ0n) is 20.0. The lowest BCUT2D eigenvalue weighted by Gasteiger charge is -2.35. The number of piperazine rings is 1. The number of nitrogens with zero attached hydrogens (tertiary/aromatic N) is 3. The Labute approximate surface area is 190 Å².